The molecule has 1 aromatic heterocycles. The van der Waals surface area contributed by atoms with Gasteiger partial charge in [0.25, 0.3) is 5.91 Å². The number of carbonyl (C=O) groups is 1. The number of nitrogens with zero attached hydrogens (tertiary/aromatic N) is 3. The molecule has 0 atom stereocenters. The standard InChI is InChI=1S/C33H45N5O5/c1-6-25-29(38(7-2)23-8-14-42-15-9-23)18-31-26(17-24(43-31)20-37-12-10-36(4)11-13-37)32(25)33(40)34-19-27-28(21-39)35-22(3)16-30(27)41-5/h16-18,23,35H,6-15,19-20H2,1-5H3,(H,34,40). The number of likely N-dealkylation sites (N-methyl/N-ethyl adjacent to an activating group) is 1. The lowest BCUT2D eigenvalue weighted by Crippen LogP contribution is -2.43. The number of dihydropyridines is 1. The summed E-state index contributed by atoms with van der Waals surface area (Å²) in [5.41, 5.74) is 4.97. The van der Waals surface area contributed by atoms with Crippen LogP contribution in [0.3, 0.4) is 0 Å². The van der Waals surface area contributed by atoms with E-state index in [1.165, 1.54) is 0 Å². The maximum absolute atomic E-state index is 14.2. The lowest BCUT2D eigenvalue weighted by Gasteiger charge is -2.37. The van der Waals surface area contributed by atoms with Gasteiger partial charge < -0.3 is 34.3 Å². The molecule has 2 saturated heterocycles. The van der Waals surface area contributed by atoms with Crippen molar-refractivity contribution >= 4 is 28.5 Å². The smallest absolute Gasteiger partial charge is 0.252 e. The van der Waals surface area contributed by atoms with Gasteiger partial charge in [0.1, 0.15) is 22.8 Å². The van der Waals surface area contributed by atoms with Gasteiger partial charge in [-0.2, -0.15) is 0 Å². The molecule has 1 amide bonds. The molecule has 232 valence electrons. The zero-order chi connectivity index (χ0) is 30.5. The summed E-state index contributed by atoms with van der Waals surface area (Å²) in [6.45, 7) is 13.2. The minimum Gasteiger partial charge on any atom is -0.496 e. The van der Waals surface area contributed by atoms with Gasteiger partial charge in [-0.1, -0.05) is 6.92 Å². The lowest BCUT2D eigenvalue weighted by molar-refractivity contribution is 0.0845. The van der Waals surface area contributed by atoms with Crippen molar-refractivity contribution in [2.24, 2.45) is 0 Å². The van der Waals surface area contributed by atoms with Crippen LogP contribution in [0.2, 0.25) is 0 Å². The molecular formula is C33H45N5O5. The van der Waals surface area contributed by atoms with Gasteiger partial charge in [0.05, 0.1) is 19.2 Å². The number of hydrogen-bond donors (Lipinski definition) is 2. The SMILES string of the molecule is CCc1c(N(CC)C2CCOCC2)cc2oc(CN3CCN(C)CC3)cc2c1C(=O)NCC1=C(OC)C=C(C)NC1=C=O. The van der Waals surface area contributed by atoms with Crippen LogP contribution in [-0.2, 0) is 27.2 Å². The first-order valence-corrected chi connectivity index (χ1v) is 15.5. The van der Waals surface area contributed by atoms with Crippen LogP contribution in [0.15, 0.2) is 45.4 Å². The molecule has 0 unspecified atom stereocenters. The van der Waals surface area contributed by atoms with Crippen LogP contribution in [0.5, 0.6) is 0 Å². The Bertz CT molecular complexity index is 1440. The maximum atomic E-state index is 14.2. The Hall–Kier alpha value is -3.56. The number of fused-ring (bicyclic) bond motifs is 1. The lowest BCUT2D eigenvalue weighted by atomic mass is 9.95. The van der Waals surface area contributed by atoms with Crippen molar-refractivity contribution in [3.05, 3.63) is 57.8 Å². The van der Waals surface area contributed by atoms with Crippen LogP contribution >= 0.6 is 0 Å². The number of ether oxygens (including phenoxy) is 2. The molecule has 3 aliphatic heterocycles. The summed E-state index contributed by atoms with van der Waals surface area (Å²) >= 11 is 0. The maximum Gasteiger partial charge on any atom is 0.252 e. The van der Waals surface area contributed by atoms with Gasteiger partial charge >= 0.3 is 0 Å². The third kappa shape index (κ3) is 6.68. The summed E-state index contributed by atoms with van der Waals surface area (Å²) in [4.78, 5) is 33.1. The highest BCUT2D eigenvalue weighted by molar-refractivity contribution is 6.09. The van der Waals surface area contributed by atoms with Gasteiger partial charge in [-0.3, -0.25) is 9.69 Å². The quantitative estimate of drug-likeness (QED) is 0.402. The average molecular weight is 592 g/mol. The number of carbonyl (C=O) groups excluding carboxylic acids is 2. The van der Waals surface area contributed by atoms with E-state index >= 15 is 0 Å². The Morgan fingerprint density at radius 3 is 2.58 bits per heavy atom. The topological polar surface area (TPSA) is 99.5 Å². The number of rotatable bonds is 10. The van der Waals surface area contributed by atoms with E-state index < -0.39 is 0 Å². The Labute approximate surface area is 254 Å². The van der Waals surface area contributed by atoms with Crippen molar-refractivity contribution < 1.29 is 23.5 Å². The van der Waals surface area contributed by atoms with Crippen molar-refractivity contribution in [2.45, 2.75) is 52.6 Å². The molecule has 0 radical (unpaired) electrons. The molecule has 0 aliphatic carbocycles. The Morgan fingerprint density at radius 1 is 1.19 bits per heavy atom. The fourth-order valence-electron chi connectivity index (χ4n) is 6.48. The van der Waals surface area contributed by atoms with E-state index in [1.54, 1.807) is 7.11 Å². The van der Waals surface area contributed by atoms with Crippen LogP contribution in [0.4, 0.5) is 5.69 Å². The molecule has 0 spiro atoms. The Kier molecular flexibility index (Phi) is 9.93. The monoisotopic (exact) mass is 591 g/mol. The summed E-state index contributed by atoms with van der Waals surface area (Å²) in [7, 11) is 3.70. The number of allylic oxidation sites excluding steroid dienone is 2. The van der Waals surface area contributed by atoms with Crippen molar-refractivity contribution in [1.29, 1.82) is 0 Å². The molecule has 4 heterocycles. The number of piperazine rings is 1. The molecule has 5 rings (SSSR count). The molecule has 10 nitrogen and oxygen atoms in total. The van der Waals surface area contributed by atoms with Crippen molar-refractivity contribution in [1.82, 2.24) is 20.4 Å². The molecule has 0 saturated carbocycles. The van der Waals surface area contributed by atoms with E-state index in [0.717, 1.165) is 92.5 Å². The first-order valence-electron chi connectivity index (χ1n) is 15.5. The van der Waals surface area contributed by atoms with E-state index in [2.05, 4.69) is 52.3 Å². The van der Waals surface area contributed by atoms with E-state index in [-0.39, 0.29) is 18.1 Å². The number of nitrogens with one attached hydrogen (secondary N) is 2. The van der Waals surface area contributed by atoms with Crippen molar-refractivity contribution in [3.8, 4) is 0 Å². The third-order valence-corrected chi connectivity index (χ3v) is 8.81. The van der Waals surface area contributed by atoms with Gasteiger partial charge in [0.15, 0.2) is 5.94 Å². The highest BCUT2D eigenvalue weighted by atomic mass is 16.5. The molecule has 10 heteroatoms. The number of amides is 1. The molecule has 2 fully saturated rings. The molecule has 0 bridgehead atoms. The number of hydrogen-bond acceptors (Lipinski definition) is 9. The average Bonchev–Trinajstić information content (AvgIpc) is 3.42. The van der Waals surface area contributed by atoms with Crippen LogP contribution in [0.25, 0.3) is 11.0 Å². The normalized spacial score (nSPS) is 18.8. The largest absolute Gasteiger partial charge is 0.496 e. The zero-order valence-corrected chi connectivity index (χ0v) is 26.2. The van der Waals surface area contributed by atoms with Gasteiger partial charge in [0, 0.05) is 86.9 Å². The fraction of sp³-hybridized carbons (Fsp3) is 0.545. The van der Waals surface area contributed by atoms with E-state index in [9.17, 15) is 9.59 Å². The predicted molar refractivity (Wildman–Crippen MR) is 168 cm³/mol. The van der Waals surface area contributed by atoms with Gasteiger partial charge in [-0.25, -0.2) is 4.79 Å². The number of anilines is 1. The van der Waals surface area contributed by atoms with Crippen LogP contribution < -0.4 is 15.5 Å². The molecule has 1 aromatic carbocycles. The molecule has 2 aromatic rings. The molecule has 3 aliphatic rings. The minimum absolute atomic E-state index is 0.113. The van der Waals surface area contributed by atoms with Crippen molar-refractivity contribution in [2.75, 3.05) is 71.5 Å². The molecular weight excluding hydrogens is 546 g/mol. The highest BCUT2D eigenvalue weighted by Gasteiger charge is 2.29. The zero-order valence-electron chi connectivity index (χ0n) is 26.2. The molecule has 2 N–H and O–H groups in total. The van der Waals surface area contributed by atoms with Crippen LogP contribution in [0.1, 0.15) is 55.3 Å². The summed E-state index contributed by atoms with van der Waals surface area (Å²) in [6, 6.07) is 4.51. The second kappa shape index (κ2) is 13.8. The van der Waals surface area contributed by atoms with Gasteiger partial charge in [-0.15, -0.1) is 0 Å². The van der Waals surface area contributed by atoms with Gasteiger partial charge in [-0.05, 0) is 57.9 Å². The Balaban J connectivity index is 1.55. The number of benzene rings is 1. The summed E-state index contributed by atoms with van der Waals surface area (Å²) in [5, 5.41) is 6.95. The number of furan rings is 1. The first-order chi connectivity index (χ1) is 20.9. The summed E-state index contributed by atoms with van der Waals surface area (Å²) < 4.78 is 17.7. The fourth-order valence-corrected chi connectivity index (χ4v) is 6.48. The van der Waals surface area contributed by atoms with E-state index in [1.807, 2.05) is 25.0 Å². The highest BCUT2D eigenvalue weighted by Crippen LogP contribution is 2.37. The van der Waals surface area contributed by atoms with Crippen LogP contribution in [-0.4, -0.2) is 94.3 Å². The third-order valence-electron chi connectivity index (χ3n) is 8.81. The number of methoxy groups -OCH3 is 1. The van der Waals surface area contributed by atoms with E-state index in [4.69, 9.17) is 13.9 Å². The van der Waals surface area contributed by atoms with Crippen molar-refractivity contribution in [3.63, 3.8) is 0 Å². The summed E-state index contributed by atoms with van der Waals surface area (Å²) in [6.07, 6.45) is 4.38. The first kappa shape index (κ1) is 30.9. The predicted octanol–water partition coefficient (Wildman–Crippen LogP) is 3.60. The minimum atomic E-state index is -0.210. The second-order valence-electron chi connectivity index (χ2n) is 11.6. The van der Waals surface area contributed by atoms with Crippen LogP contribution in [0, 0.1) is 0 Å². The second-order valence-corrected chi connectivity index (χ2v) is 11.6. The molecule has 43 heavy (non-hydrogen) atoms. The Morgan fingerprint density at radius 2 is 1.93 bits per heavy atom. The van der Waals surface area contributed by atoms with Gasteiger partial charge in [0.2, 0.25) is 0 Å². The summed E-state index contributed by atoms with van der Waals surface area (Å²) in [5.74, 6) is 3.14. The van der Waals surface area contributed by atoms with E-state index in [0.29, 0.717) is 35.9 Å².